The molecule has 2 N–H and O–H groups in total. The first-order valence-electron chi connectivity index (χ1n) is 15.8. The summed E-state index contributed by atoms with van der Waals surface area (Å²) in [5.74, 6) is 1.90. The molecule has 0 spiro atoms. The summed E-state index contributed by atoms with van der Waals surface area (Å²) in [5, 5.41) is 7.49. The van der Waals surface area contributed by atoms with Crippen molar-refractivity contribution < 1.29 is 0 Å². The maximum atomic E-state index is 5.63. The second kappa shape index (κ2) is 14.7. The van der Waals surface area contributed by atoms with Gasteiger partial charge in [-0.15, -0.1) is 0 Å². The van der Waals surface area contributed by atoms with E-state index in [0.29, 0.717) is 28.8 Å². The Morgan fingerprint density at radius 3 is 1.50 bits per heavy atom. The van der Waals surface area contributed by atoms with Gasteiger partial charge >= 0.3 is 0 Å². The smallest absolute Gasteiger partial charge is 0.170 e. The van der Waals surface area contributed by atoms with Gasteiger partial charge in [-0.3, -0.25) is 0 Å². The zero-order valence-corrected chi connectivity index (χ0v) is 28.7. The fourth-order valence-corrected chi connectivity index (χ4v) is 8.95. The highest BCUT2D eigenvalue weighted by atomic mass is 32.1. The van der Waals surface area contributed by atoms with E-state index < -0.39 is 8.22 Å². The SMILES string of the molecule is CC(C)c1cccc(C(C)C)c1N1CCN(c2c(C(C)C)cccc2C(C)C)P1CCCNC(=S)Nc1ccccc1. The molecule has 1 heterocycles. The number of nitrogens with one attached hydrogen (secondary N) is 2. The third kappa shape index (κ3) is 7.47. The minimum atomic E-state index is -0.604. The molecule has 0 atom stereocenters. The first kappa shape index (κ1) is 32.3. The molecule has 6 heteroatoms. The van der Waals surface area contributed by atoms with E-state index >= 15 is 0 Å². The summed E-state index contributed by atoms with van der Waals surface area (Å²) in [6, 6.07) is 24.1. The Balaban J connectivity index is 1.67. The van der Waals surface area contributed by atoms with Crippen LogP contribution in [0.4, 0.5) is 17.1 Å². The van der Waals surface area contributed by atoms with Gasteiger partial charge in [-0.05, 0) is 76.7 Å². The summed E-state index contributed by atoms with van der Waals surface area (Å²) in [7, 11) is -0.604. The largest absolute Gasteiger partial charge is 0.362 e. The Hall–Kier alpha value is -2.62. The van der Waals surface area contributed by atoms with Crippen LogP contribution in [-0.4, -0.2) is 30.9 Å². The second-order valence-corrected chi connectivity index (χ2v) is 15.2. The van der Waals surface area contributed by atoms with Gasteiger partial charge in [-0.2, -0.15) is 0 Å². The van der Waals surface area contributed by atoms with Gasteiger partial charge in [0.15, 0.2) is 5.11 Å². The Labute approximate surface area is 262 Å². The summed E-state index contributed by atoms with van der Waals surface area (Å²) in [6.45, 7) is 21.7. The van der Waals surface area contributed by atoms with Gasteiger partial charge in [-0.1, -0.05) is 110 Å². The summed E-state index contributed by atoms with van der Waals surface area (Å²) in [6.07, 6.45) is 2.17. The normalized spacial score (nSPS) is 14.1. The molecule has 0 bridgehead atoms. The van der Waals surface area contributed by atoms with Crippen LogP contribution < -0.4 is 20.0 Å². The van der Waals surface area contributed by atoms with Gasteiger partial charge in [0.1, 0.15) is 0 Å². The molecule has 0 saturated carbocycles. The number of thiocarbonyl (C=S) groups is 1. The van der Waals surface area contributed by atoms with Crippen LogP contribution >= 0.6 is 20.4 Å². The molecular formula is C36H51N4PS. The summed E-state index contributed by atoms with van der Waals surface area (Å²) >= 11 is 5.63. The molecule has 3 aromatic carbocycles. The topological polar surface area (TPSA) is 30.5 Å². The van der Waals surface area contributed by atoms with Gasteiger partial charge in [0.05, 0.1) is 8.22 Å². The van der Waals surface area contributed by atoms with E-state index in [4.69, 9.17) is 12.2 Å². The van der Waals surface area contributed by atoms with Crippen LogP contribution in [0.1, 0.15) is 108 Å². The van der Waals surface area contributed by atoms with E-state index in [2.05, 4.69) is 112 Å². The fourth-order valence-electron chi connectivity index (χ4n) is 5.99. The number of hydrogen-bond acceptors (Lipinski definition) is 3. The van der Waals surface area contributed by atoms with E-state index in [1.165, 1.54) is 33.6 Å². The number of benzene rings is 3. The third-order valence-corrected chi connectivity index (χ3v) is 11.0. The van der Waals surface area contributed by atoms with Crippen molar-refractivity contribution in [2.45, 2.75) is 85.5 Å². The van der Waals surface area contributed by atoms with Crippen molar-refractivity contribution in [3.63, 3.8) is 0 Å². The van der Waals surface area contributed by atoms with Crippen molar-refractivity contribution in [1.29, 1.82) is 0 Å². The number of hydrogen-bond donors (Lipinski definition) is 2. The highest BCUT2D eigenvalue weighted by molar-refractivity contribution is 7.80. The zero-order valence-electron chi connectivity index (χ0n) is 26.9. The van der Waals surface area contributed by atoms with Crippen LogP contribution in [0.5, 0.6) is 0 Å². The molecule has 226 valence electrons. The highest BCUT2D eigenvalue weighted by Crippen LogP contribution is 2.58. The van der Waals surface area contributed by atoms with Crippen molar-refractivity contribution in [1.82, 2.24) is 5.32 Å². The van der Waals surface area contributed by atoms with E-state index in [1.54, 1.807) is 0 Å². The van der Waals surface area contributed by atoms with Crippen LogP contribution in [0.2, 0.25) is 0 Å². The van der Waals surface area contributed by atoms with E-state index in [9.17, 15) is 0 Å². The Kier molecular flexibility index (Phi) is 11.3. The van der Waals surface area contributed by atoms with Crippen LogP contribution in [-0.2, 0) is 0 Å². The molecule has 4 rings (SSSR count). The van der Waals surface area contributed by atoms with Crippen molar-refractivity contribution in [3.8, 4) is 0 Å². The maximum Gasteiger partial charge on any atom is 0.170 e. The summed E-state index contributed by atoms with van der Waals surface area (Å²) in [4.78, 5) is 0. The first-order chi connectivity index (χ1) is 20.1. The first-order valence-corrected chi connectivity index (χ1v) is 17.6. The standard InChI is InChI=1S/C36H51N4PS/c1-25(2)30-17-12-18-31(26(3)4)34(30)39-22-23-40(35-32(27(5)6)19-13-20-33(35)28(7)8)41(39)24-14-21-37-36(42)38-29-15-10-9-11-16-29/h9-13,15-20,25-28H,14,21-24H2,1-8H3,(H2,37,38,42). The molecule has 3 aromatic rings. The van der Waals surface area contributed by atoms with Crippen LogP contribution in [0.3, 0.4) is 0 Å². The second-order valence-electron chi connectivity index (χ2n) is 12.6. The highest BCUT2D eigenvalue weighted by Gasteiger charge is 2.37. The van der Waals surface area contributed by atoms with Gasteiger partial charge in [-0.25, -0.2) is 0 Å². The predicted molar refractivity (Wildman–Crippen MR) is 191 cm³/mol. The van der Waals surface area contributed by atoms with Crippen molar-refractivity contribution in [2.75, 3.05) is 40.5 Å². The quantitative estimate of drug-likeness (QED) is 0.130. The fraction of sp³-hybridized carbons (Fsp3) is 0.472. The minimum absolute atomic E-state index is 0.474. The van der Waals surface area contributed by atoms with E-state index in [0.717, 1.165) is 37.9 Å². The van der Waals surface area contributed by atoms with Crippen molar-refractivity contribution in [2.24, 2.45) is 0 Å². The predicted octanol–water partition coefficient (Wildman–Crippen LogP) is 10.2. The number of rotatable bonds is 11. The van der Waals surface area contributed by atoms with E-state index in [-0.39, 0.29) is 0 Å². The maximum absolute atomic E-state index is 5.63. The molecule has 0 aliphatic carbocycles. The molecule has 0 unspecified atom stereocenters. The molecule has 1 saturated heterocycles. The molecule has 1 aliphatic heterocycles. The Morgan fingerprint density at radius 1 is 0.667 bits per heavy atom. The molecule has 0 aromatic heterocycles. The average molecular weight is 603 g/mol. The molecule has 4 nitrogen and oxygen atoms in total. The molecule has 0 radical (unpaired) electrons. The van der Waals surface area contributed by atoms with Gasteiger partial charge < -0.3 is 20.0 Å². The number of nitrogens with zero attached hydrogens (tertiary/aromatic N) is 2. The van der Waals surface area contributed by atoms with Gasteiger partial charge in [0.25, 0.3) is 0 Å². The lowest BCUT2D eigenvalue weighted by Gasteiger charge is -2.38. The Morgan fingerprint density at radius 2 is 1.10 bits per heavy atom. The lowest BCUT2D eigenvalue weighted by Crippen LogP contribution is -2.30. The molecule has 1 aliphatic rings. The third-order valence-electron chi connectivity index (χ3n) is 8.13. The van der Waals surface area contributed by atoms with Crippen molar-refractivity contribution >= 4 is 42.6 Å². The van der Waals surface area contributed by atoms with Gasteiger partial charge in [0, 0.05) is 42.9 Å². The lowest BCUT2D eigenvalue weighted by molar-refractivity contribution is 0.821. The summed E-state index contributed by atoms with van der Waals surface area (Å²) in [5.41, 5.74) is 9.89. The van der Waals surface area contributed by atoms with Crippen LogP contribution in [0.15, 0.2) is 66.7 Å². The minimum Gasteiger partial charge on any atom is -0.362 e. The van der Waals surface area contributed by atoms with Gasteiger partial charge in [0.2, 0.25) is 0 Å². The monoisotopic (exact) mass is 602 g/mol. The lowest BCUT2D eigenvalue weighted by atomic mass is 9.92. The number of para-hydroxylation sites is 3. The van der Waals surface area contributed by atoms with Crippen LogP contribution in [0, 0.1) is 0 Å². The van der Waals surface area contributed by atoms with E-state index in [1.807, 2.05) is 30.3 Å². The molecule has 0 amide bonds. The zero-order chi connectivity index (χ0) is 30.4. The Bertz CT molecular complexity index is 1200. The average Bonchev–Trinajstić information content (AvgIpc) is 3.37. The molecular weight excluding hydrogens is 551 g/mol. The molecule has 1 fully saturated rings. The van der Waals surface area contributed by atoms with Crippen LogP contribution in [0.25, 0.3) is 0 Å². The molecule has 42 heavy (non-hydrogen) atoms. The van der Waals surface area contributed by atoms with Crippen molar-refractivity contribution in [3.05, 3.63) is 89.0 Å². The summed E-state index contributed by atoms with van der Waals surface area (Å²) < 4.78 is 5.61. The number of anilines is 3.